The van der Waals surface area contributed by atoms with E-state index in [9.17, 15) is 39.0 Å². The van der Waals surface area contributed by atoms with Gasteiger partial charge in [0, 0.05) is 83.3 Å². The van der Waals surface area contributed by atoms with E-state index in [1.807, 2.05) is 54.6 Å². The summed E-state index contributed by atoms with van der Waals surface area (Å²) in [6.07, 6.45) is 5.13. The minimum atomic E-state index is -0.860. The van der Waals surface area contributed by atoms with Crippen molar-refractivity contribution in [3.05, 3.63) is 193 Å². The Morgan fingerprint density at radius 2 is 0.889 bits per heavy atom. The summed E-state index contributed by atoms with van der Waals surface area (Å²) in [7, 11) is 4.83. The van der Waals surface area contributed by atoms with E-state index >= 15 is 0 Å². The highest BCUT2D eigenvalue weighted by atomic mass is 35.5. The molecule has 0 aliphatic heterocycles. The molecule has 0 radical (unpaired) electrons. The van der Waals surface area contributed by atoms with Crippen LogP contribution in [-0.2, 0) is 46.5 Å². The zero-order valence-corrected chi connectivity index (χ0v) is 47.0. The van der Waals surface area contributed by atoms with Crippen LogP contribution in [0, 0.1) is 11.8 Å². The Labute approximate surface area is 481 Å². The van der Waals surface area contributed by atoms with E-state index in [0.29, 0.717) is 75.4 Å². The topological polar surface area (TPSA) is 185 Å². The number of hydrogen-bond donors (Lipinski definition) is 2. The molecule has 9 aromatic rings. The fourth-order valence-electron chi connectivity index (χ4n) is 11.8. The highest BCUT2D eigenvalue weighted by Gasteiger charge is 2.35. The van der Waals surface area contributed by atoms with Gasteiger partial charge < -0.3 is 24.4 Å². The number of ether oxygens (including phenoxy) is 3. The number of methoxy groups -OCH3 is 3. The molecule has 3 unspecified atom stereocenters. The molecule has 3 aliphatic carbocycles. The fourth-order valence-corrected chi connectivity index (χ4v) is 12.1. The minimum absolute atomic E-state index is 0.00776. The van der Waals surface area contributed by atoms with Crippen LogP contribution < -0.4 is 14.2 Å². The summed E-state index contributed by atoms with van der Waals surface area (Å²) in [6.45, 7) is 1.65. The number of fused-ring (bicyclic) bond motifs is 9. The van der Waals surface area contributed by atoms with Gasteiger partial charge in [0.25, 0.3) is 17.7 Å². The second-order valence-corrected chi connectivity index (χ2v) is 21.8. The maximum absolute atomic E-state index is 13.3. The second kappa shape index (κ2) is 23.5. The predicted molar refractivity (Wildman–Crippen MR) is 312 cm³/mol. The summed E-state index contributed by atoms with van der Waals surface area (Å²) < 4.78 is 21.2. The Hall–Kier alpha value is -8.17. The van der Waals surface area contributed by atoms with Crippen molar-refractivity contribution in [2.24, 2.45) is 11.8 Å². The average molecular weight is 1150 g/mol. The van der Waals surface area contributed by atoms with Gasteiger partial charge >= 0.3 is 11.9 Å². The molecular formula is C64H56Cl3N3O11. The van der Waals surface area contributed by atoms with E-state index < -0.39 is 17.9 Å². The lowest BCUT2D eigenvalue weighted by molar-refractivity contribution is -0.142. The number of halogens is 3. The molecule has 3 heterocycles. The van der Waals surface area contributed by atoms with Crippen molar-refractivity contribution in [3.8, 4) is 17.2 Å². The molecule has 81 heavy (non-hydrogen) atoms. The third-order valence-electron chi connectivity index (χ3n) is 15.8. The largest absolute Gasteiger partial charge is 0.497 e. The third-order valence-corrected chi connectivity index (χ3v) is 16.6. The lowest BCUT2D eigenvalue weighted by Crippen LogP contribution is -2.25. The van der Waals surface area contributed by atoms with Crippen molar-refractivity contribution in [2.45, 2.75) is 70.6 Å². The maximum atomic E-state index is 13.3. The van der Waals surface area contributed by atoms with Gasteiger partial charge in [-0.05, 0) is 196 Å². The predicted octanol–water partition coefficient (Wildman–Crippen LogP) is 13.4. The van der Waals surface area contributed by atoms with Crippen LogP contribution in [0.5, 0.6) is 17.2 Å². The van der Waals surface area contributed by atoms with Gasteiger partial charge in [0.15, 0.2) is 0 Å². The number of rotatable bonds is 10. The number of hydrogen-bond acceptors (Lipinski definition) is 9. The van der Waals surface area contributed by atoms with Crippen LogP contribution in [0.1, 0.15) is 103 Å². The van der Waals surface area contributed by atoms with Gasteiger partial charge in [-0.25, -0.2) is 0 Å². The summed E-state index contributed by atoms with van der Waals surface area (Å²) in [4.78, 5) is 74.7. The van der Waals surface area contributed by atoms with Crippen LogP contribution in [0.4, 0.5) is 0 Å². The Balaban J connectivity index is 0.000000136. The molecule has 3 atom stereocenters. The number of nitrogens with zero attached hydrogens (tertiary/aromatic N) is 3. The SMILES string of the molecule is COc1ccc2c(c1)c1c(n2C(=O)c2ccc(Cl)cc2)C(CC(=O)O)CC1.COc1ccc2c(c1)c1c(n2C(=O)c2ccc(Cl)cc2)CC(C(=O)O)CC1.COc1ccc2c(c1)c1c(n2C(=O)c2ccc(Cl)cc2)CCC(C(C)=O)C1. The van der Waals surface area contributed by atoms with Crippen LogP contribution in [-0.4, -0.2) is 80.7 Å². The van der Waals surface area contributed by atoms with Crippen LogP contribution in [0.2, 0.25) is 15.1 Å². The summed E-state index contributed by atoms with van der Waals surface area (Å²) in [5.74, 6) is -0.431. The van der Waals surface area contributed by atoms with Crippen molar-refractivity contribution in [1.82, 2.24) is 13.7 Å². The number of benzene rings is 6. The summed E-state index contributed by atoms with van der Waals surface area (Å²) in [5, 5.41) is 23.4. The van der Waals surface area contributed by atoms with E-state index in [4.69, 9.17) is 49.0 Å². The average Bonchev–Trinajstić information content (AvgIpc) is 3.33. The third kappa shape index (κ3) is 11.1. The molecule has 0 saturated carbocycles. The van der Waals surface area contributed by atoms with E-state index in [1.54, 1.807) is 115 Å². The Bertz CT molecular complexity index is 3910. The van der Waals surface area contributed by atoms with Gasteiger partial charge in [-0.15, -0.1) is 0 Å². The Morgan fingerprint density at radius 3 is 1.33 bits per heavy atom. The highest BCUT2D eigenvalue weighted by Crippen LogP contribution is 2.44. The first-order chi connectivity index (χ1) is 39.0. The molecule has 6 aromatic carbocycles. The van der Waals surface area contributed by atoms with E-state index in [1.165, 1.54) is 0 Å². The zero-order chi connectivity index (χ0) is 57.4. The normalized spacial score (nSPS) is 16.0. The number of aliphatic carboxylic acids is 2. The van der Waals surface area contributed by atoms with Crippen molar-refractivity contribution in [1.29, 1.82) is 0 Å². The number of aromatic nitrogens is 3. The lowest BCUT2D eigenvalue weighted by atomic mass is 9.84. The molecule has 3 aromatic heterocycles. The van der Waals surface area contributed by atoms with Crippen LogP contribution in [0.3, 0.4) is 0 Å². The first-order valence-corrected chi connectivity index (χ1v) is 27.6. The van der Waals surface area contributed by atoms with Gasteiger partial charge in [0.2, 0.25) is 0 Å². The number of carbonyl (C=O) groups excluding carboxylic acids is 4. The van der Waals surface area contributed by atoms with E-state index in [2.05, 4.69) is 0 Å². The van der Waals surface area contributed by atoms with E-state index in [-0.39, 0.29) is 41.8 Å². The van der Waals surface area contributed by atoms with Gasteiger partial charge in [-0.3, -0.25) is 42.5 Å². The Kier molecular flexibility index (Phi) is 16.3. The number of carboxylic acids is 2. The lowest BCUT2D eigenvalue weighted by Gasteiger charge is -2.21. The molecular weight excluding hydrogens is 1090 g/mol. The van der Waals surface area contributed by atoms with Crippen LogP contribution in [0.25, 0.3) is 32.7 Å². The summed E-state index contributed by atoms with van der Waals surface area (Å²) >= 11 is 17.9. The van der Waals surface area contributed by atoms with Crippen LogP contribution in [0.15, 0.2) is 127 Å². The molecule has 12 rings (SSSR count). The minimum Gasteiger partial charge on any atom is -0.497 e. The van der Waals surface area contributed by atoms with Crippen molar-refractivity contribution < 1.29 is 53.2 Å². The molecule has 14 nitrogen and oxygen atoms in total. The summed E-state index contributed by atoms with van der Waals surface area (Å²) in [5.41, 5.74) is 9.73. The highest BCUT2D eigenvalue weighted by molar-refractivity contribution is 6.31. The van der Waals surface area contributed by atoms with Crippen molar-refractivity contribution in [3.63, 3.8) is 0 Å². The molecule has 0 bridgehead atoms. The van der Waals surface area contributed by atoms with Gasteiger partial charge in [0.1, 0.15) is 23.0 Å². The second-order valence-electron chi connectivity index (χ2n) is 20.5. The Morgan fingerprint density at radius 1 is 0.481 bits per heavy atom. The van der Waals surface area contributed by atoms with E-state index in [0.717, 1.165) is 91.5 Å². The molecule has 0 spiro atoms. The zero-order valence-electron chi connectivity index (χ0n) is 44.8. The first-order valence-electron chi connectivity index (χ1n) is 26.5. The summed E-state index contributed by atoms with van der Waals surface area (Å²) in [6, 6.07) is 37.3. The smallest absolute Gasteiger partial charge is 0.306 e. The number of ketones is 1. The van der Waals surface area contributed by atoms with Crippen molar-refractivity contribution in [2.75, 3.05) is 21.3 Å². The maximum Gasteiger partial charge on any atom is 0.306 e. The molecule has 0 saturated heterocycles. The number of Topliss-reactive ketones (excluding diaryl/α,β-unsaturated/α-hetero) is 1. The quantitative estimate of drug-likeness (QED) is 0.133. The number of carboxylic acid groups (broad SMARTS) is 2. The number of carbonyl (C=O) groups is 6. The van der Waals surface area contributed by atoms with Gasteiger partial charge in [-0.2, -0.15) is 0 Å². The monoisotopic (exact) mass is 1150 g/mol. The standard InChI is InChI=1S/C22H20ClNO3.2C21H18ClNO4/c1-13(25)15-5-9-20-18(11-15)19-12-17(27-2)8-10-21(19)24(20)22(26)14-3-6-16(23)7-4-14;1-27-15-7-9-18-17(11-15)16-8-4-13(10-19(24)25)20(16)23(18)21(26)12-2-5-14(22)6-3-12;1-27-15-7-9-18-17(11-15)16-8-4-13(21(25)26)10-19(16)23(18)20(24)12-2-5-14(22)6-3-12/h3-4,6-8,10,12,15H,5,9,11H2,1-2H3;2-3,5-7,9,11,13H,4,8,10H2,1H3,(H,24,25);2-3,5-7,9,11,13H,4,8,10H2,1H3,(H,25,26). The first kappa shape index (κ1) is 56.1. The molecule has 0 amide bonds. The molecule has 0 fully saturated rings. The molecule has 17 heteroatoms. The van der Waals surface area contributed by atoms with Crippen molar-refractivity contribution >= 4 is 103 Å². The molecule has 2 N–H and O–H groups in total. The molecule has 3 aliphatic rings. The molecule has 414 valence electrons. The van der Waals surface area contributed by atoms with Crippen LogP contribution >= 0.6 is 34.8 Å². The van der Waals surface area contributed by atoms with Gasteiger partial charge in [0.05, 0.1) is 50.2 Å². The number of aryl methyl sites for hydroxylation is 2. The van der Waals surface area contributed by atoms with Gasteiger partial charge in [-0.1, -0.05) is 34.8 Å². The fraction of sp³-hybridized carbons (Fsp3) is 0.250.